The summed E-state index contributed by atoms with van der Waals surface area (Å²) in [6, 6.07) is 9.64. The van der Waals surface area contributed by atoms with Gasteiger partial charge >= 0.3 is 0 Å². The van der Waals surface area contributed by atoms with Crippen molar-refractivity contribution in [1.82, 2.24) is 14.9 Å². The smallest absolute Gasteiger partial charge is 0.274 e. The van der Waals surface area contributed by atoms with Crippen molar-refractivity contribution in [3.63, 3.8) is 0 Å². The number of aliphatic hydroxyl groups is 2. The van der Waals surface area contributed by atoms with Gasteiger partial charge in [0, 0.05) is 36.9 Å². The van der Waals surface area contributed by atoms with Crippen molar-refractivity contribution < 1.29 is 15.0 Å². The van der Waals surface area contributed by atoms with Crippen LogP contribution in [0.2, 0.25) is 0 Å². The molecule has 1 aromatic heterocycles. The third-order valence-corrected chi connectivity index (χ3v) is 4.38. The number of likely N-dealkylation sites (tertiary alicyclic amines) is 1. The Morgan fingerprint density at radius 1 is 1.39 bits per heavy atom. The number of nitrogens with zero attached hydrogens (tertiary/aromatic N) is 2. The summed E-state index contributed by atoms with van der Waals surface area (Å²) in [6.07, 6.45) is -0.0937. The first-order valence-electron chi connectivity index (χ1n) is 7.80. The van der Waals surface area contributed by atoms with E-state index in [0.29, 0.717) is 30.2 Å². The Hall–Kier alpha value is -2.18. The van der Waals surface area contributed by atoms with Crippen LogP contribution in [0.25, 0.3) is 11.4 Å². The van der Waals surface area contributed by atoms with Crippen molar-refractivity contribution in [1.29, 1.82) is 0 Å². The van der Waals surface area contributed by atoms with Gasteiger partial charge in [-0.3, -0.25) is 4.79 Å². The highest BCUT2D eigenvalue weighted by Crippen LogP contribution is 2.22. The Morgan fingerprint density at radius 3 is 2.78 bits per heavy atom. The molecular formula is C17H21N3O3. The van der Waals surface area contributed by atoms with E-state index in [1.54, 1.807) is 4.90 Å². The van der Waals surface area contributed by atoms with Crippen LogP contribution >= 0.6 is 0 Å². The van der Waals surface area contributed by atoms with Gasteiger partial charge in [-0.05, 0) is 13.3 Å². The maximum absolute atomic E-state index is 12.7. The lowest BCUT2D eigenvalue weighted by Crippen LogP contribution is -2.47. The Morgan fingerprint density at radius 2 is 2.13 bits per heavy atom. The van der Waals surface area contributed by atoms with Gasteiger partial charge in [0.1, 0.15) is 11.5 Å². The average molecular weight is 315 g/mol. The second-order valence-corrected chi connectivity index (χ2v) is 5.97. The third kappa shape index (κ3) is 3.13. The average Bonchev–Trinajstić information content (AvgIpc) is 2.97. The van der Waals surface area contributed by atoms with Gasteiger partial charge < -0.3 is 20.1 Å². The number of aliphatic hydroxyl groups excluding tert-OH is 2. The number of benzene rings is 1. The lowest BCUT2D eigenvalue weighted by atomic mass is 9.94. The second kappa shape index (κ2) is 6.52. The van der Waals surface area contributed by atoms with Gasteiger partial charge in [-0.15, -0.1) is 0 Å². The van der Waals surface area contributed by atoms with Crippen LogP contribution < -0.4 is 0 Å². The maximum Gasteiger partial charge on any atom is 0.274 e. The molecule has 1 amide bonds. The molecule has 1 fully saturated rings. The number of rotatable bonds is 3. The number of hydrogen-bond acceptors (Lipinski definition) is 4. The summed E-state index contributed by atoms with van der Waals surface area (Å²) in [7, 11) is 0. The molecule has 6 nitrogen and oxygen atoms in total. The van der Waals surface area contributed by atoms with Crippen molar-refractivity contribution in [3.8, 4) is 11.4 Å². The molecule has 1 saturated heterocycles. The van der Waals surface area contributed by atoms with Crippen LogP contribution in [0.3, 0.4) is 0 Å². The van der Waals surface area contributed by atoms with E-state index in [4.69, 9.17) is 0 Å². The second-order valence-electron chi connectivity index (χ2n) is 5.97. The van der Waals surface area contributed by atoms with E-state index in [9.17, 15) is 15.0 Å². The lowest BCUT2D eigenvalue weighted by molar-refractivity contribution is 0.000648. The zero-order valence-corrected chi connectivity index (χ0v) is 13.1. The van der Waals surface area contributed by atoms with Crippen LogP contribution in [0.4, 0.5) is 0 Å². The molecule has 23 heavy (non-hydrogen) atoms. The molecule has 1 aliphatic rings. The molecule has 0 spiro atoms. The molecule has 2 heterocycles. The van der Waals surface area contributed by atoms with E-state index in [0.717, 1.165) is 5.56 Å². The lowest BCUT2D eigenvalue weighted by Gasteiger charge is -2.34. The molecule has 0 unspecified atom stereocenters. The number of piperidine rings is 1. The highest BCUT2D eigenvalue weighted by atomic mass is 16.3. The Balaban J connectivity index is 1.80. The zero-order chi connectivity index (χ0) is 16.4. The van der Waals surface area contributed by atoms with Gasteiger partial charge in [0.2, 0.25) is 0 Å². The highest BCUT2D eigenvalue weighted by Gasteiger charge is 2.31. The number of H-pyrrole nitrogens is 1. The van der Waals surface area contributed by atoms with E-state index in [-0.39, 0.29) is 25.0 Å². The first-order valence-corrected chi connectivity index (χ1v) is 7.80. The standard InChI is InChI=1S/C17H21N3O3/c1-11-15(19-16(18-11)12-5-3-2-4-6-12)17(23)20-8-7-13(10-21)14(22)9-20/h2-6,13-14,21-22H,7-10H2,1H3,(H,18,19)/t13-,14+/m1/s1. The summed E-state index contributed by atoms with van der Waals surface area (Å²) < 4.78 is 0. The summed E-state index contributed by atoms with van der Waals surface area (Å²) in [5.74, 6) is 0.327. The first kappa shape index (κ1) is 15.7. The molecule has 1 aliphatic heterocycles. The molecule has 122 valence electrons. The largest absolute Gasteiger partial charge is 0.396 e. The zero-order valence-electron chi connectivity index (χ0n) is 13.1. The highest BCUT2D eigenvalue weighted by molar-refractivity contribution is 5.94. The Labute approximate surface area is 134 Å². The van der Waals surface area contributed by atoms with E-state index >= 15 is 0 Å². The number of imidazole rings is 1. The number of aromatic amines is 1. The molecule has 2 atom stereocenters. The van der Waals surface area contributed by atoms with Crippen LogP contribution in [0, 0.1) is 12.8 Å². The SMILES string of the molecule is Cc1[nH]c(-c2ccccc2)nc1C(=O)N1CC[C@H](CO)[C@@H](O)C1. The molecule has 6 heteroatoms. The Kier molecular flexibility index (Phi) is 4.45. The van der Waals surface area contributed by atoms with E-state index in [1.165, 1.54) is 0 Å². The predicted molar refractivity (Wildman–Crippen MR) is 85.9 cm³/mol. The summed E-state index contributed by atoms with van der Waals surface area (Å²) in [6.45, 7) is 2.53. The number of carbonyl (C=O) groups excluding carboxylic acids is 1. The first-order chi connectivity index (χ1) is 11.1. The fourth-order valence-electron chi connectivity index (χ4n) is 2.93. The van der Waals surface area contributed by atoms with E-state index in [2.05, 4.69) is 9.97 Å². The minimum absolute atomic E-state index is 0.0528. The molecule has 3 N–H and O–H groups in total. The van der Waals surface area contributed by atoms with E-state index in [1.807, 2.05) is 37.3 Å². The number of carbonyl (C=O) groups is 1. The number of β-amino-alcohol motifs (C(OH)–C–C–N with tert-alkyl or cyclic N) is 1. The minimum atomic E-state index is -0.689. The molecule has 2 aromatic rings. The summed E-state index contributed by atoms with van der Waals surface area (Å²) in [4.78, 5) is 21.9. The van der Waals surface area contributed by atoms with Crippen LogP contribution in [0.15, 0.2) is 30.3 Å². The van der Waals surface area contributed by atoms with E-state index < -0.39 is 6.10 Å². The molecular weight excluding hydrogens is 294 g/mol. The number of aryl methyl sites for hydroxylation is 1. The summed E-state index contributed by atoms with van der Waals surface area (Å²) in [5.41, 5.74) is 2.03. The van der Waals surface area contributed by atoms with Crippen molar-refractivity contribution >= 4 is 5.91 Å². The van der Waals surface area contributed by atoms with Gasteiger partial charge in [0.05, 0.1) is 6.10 Å². The van der Waals surface area contributed by atoms with Gasteiger partial charge in [0.15, 0.2) is 0 Å². The van der Waals surface area contributed by atoms with Crippen LogP contribution in [-0.4, -0.2) is 56.8 Å². The quantitative estimate of drug-likeness (QED) is 0.794. The van der Waals surface area contributed by atoms with Crippen LogP contribution in [0.1, 0.15) is 22.6 Å². The van der Waals surface area contributed by atoms with Crippen LogP contribution in [-0.2, 0) is 0 Å². The summed E-state index contributed by atoms with van der Waals surface area (Å²) >= 11 is 0. The Bertz CT molecular complexity index is 684. The molecule has 0 saturated carbocycles. The fraction of sp³-hybridized carbons (Fsp3) is 0.412. The molecule has 3 rings (SSSR count). The monoisotopic (exact) mass is 315 g/mol. The number of aromatic nitrogens is 2. The van der Waals surface area contributed by atoms with Crippen molar-refractivity contribution in [2.24, 2.45) is 5.92 Å². The third-order valence-electron chi connectivity index (χ3n) is 4.38. The van der Waals surface area contributed by atoms with Gasteiger partial charge in [-0.25, -0.2) is 4.98 Å². The number of amides is 1. The molecule has 1 aromatic carbocycles. The van der Waals surface area contributed by atoms with Crippen molar-refractivity contribution in [2.75, 3.05) is 19.7 Å². The molecule has 0 radical (unpaired) electrons. The van der Waals surface area contributed by atoms with Gasteiger partial charge in [0.25, 0.3) is 5.91 Å². The molecule has 0 aliphatic carbocycles. The van der Waals surface area contributed by atoms with Gasteiger partial charge in [-0.1, -0.05) is 30.3 Å². The predicted octanol–water partition coefficient (Wildman–Crippen LogP) is 1.20. The normalized spacial score (nSPS) is 21.4. The summed E-state index contributed by atoms with van der Waals surface area (Å²) in [5, 5.41) is 19.2. The number of nitrogens with one attached hydrogen (secondary N) is 1. The topological polar surface area (TPSA) is 89.5 Å². The van der Waals surface area contributed by atoms with Gasteiger partial charge in [-0.2, -0.15) is 0 Å². The van der Waals surface area contributed by atoms with Crippen LogP contribution in [0.5, 0.6) is 0 Å². The number of hydrogen-bond donors (Lipinski definition) is 3. The fourth-order valence-corrected chi connectivity index (χ4v) is 2.93. The molecule has 0 bridgehead atoms. The van der Waals surface area contributed by atoms with Crippen molar-refractivity contribution in [2.45, 2.75) is 19.4 Å². The van der Waals surface area contributed by atoms with Crippen molar-refractivity contribution in [3.05, 3.63) is 41.7 Å². The minimum Gasteiger partial charge on any atom is -0.396 e. The maximum atomic E-state index is 12.7.